The lowest BCUT2D eigenvalue weighted by Crippen LogP contribution is -2.36. The molecule has 1 aliphatic rings. The number of benzene rings is 2. The second-order valence-electron chi connectivity index (χ2n) is 7.98. The fourth-order valence-electron chi connectivity index (χ4n) is 4.17. The molecule has 33 heavy (non-hydrogen) atoms. The first-order chi connectivity index (χ1) is 16.0. The fraction of sp³-hybridized carbons (Fsp3) is 0.250. The zero-order valence-electron chi connectivity index (χ0n) is 18.1. The van der Waals surface area contributed by atoms with Crippen LogP contribution in [0.25, 0.3) is 16.7 Å². The molecule has 0 aliphatic carbocycles. The molecule has 0 atom stereocenters. The van der Waals surface area contributed by atoms with Crippen molar-refractivity contribution in [3.8, 4) is 5.69 Å². The van der Waals surface area contributed by atoms with Gasteiger partial charge in [0.25, 0.3) is 5.91 Å². The molecule has 1 aliphatic heterocycles. The van der Waals surface area contributed by atoms with Crippen molar-refractivity contribution < 1.29 is 9.18 Å². The van der Waals surface area contributed by atoms with Crippen LogP contribution in [0.1, 0.15) is 22.6 Å². The maximum Gasteiger partial charge on any atom is 0.256 e. The Balaban J connectivity index is 1.44. The summed E-state index contributed by atoms with van der Waals surface area (Å²) in [5.74, 6) is 0.633. The highest BCUT2D eigenvalue weighted by molar-refractivity contribution is 6.30. The van der Waals surface area contributed by atoms with E-state index in [9.17, 15) is 9.18 Å². The van der Waals surface area contributed by atoms with Crippen molar-refractivity contribution >= 4 is 34.4 Å². The summed E-state index contributed by atoms with van der Waals surface area (Å²) in [7, 11) is 0. The third kappa shape index (κ3) is 4.14. The smallest absolute Gasteiger partial charge is 0.256 e. The van der Waals surface area contributed by atoms with E-state index in [4.69, 9.17) is 16.6 Å². The highest BCUT2D eigenvalue weighted by atomic mass is 35.5. The molecular weight excluding hydrogens is 443 g/mol. The number of aromatic nitrogens is 4. The van der Waals surface area contributed by atoms with Crippen LogP contribution in [-0.4, -0.2) is 56.7 Å². The molecule has 5 rings (SSSR count). The number of aryl methyl sites for hydroxylation is 1. The molecule has 0 saturated carbocycles. The highest BCUT2D eigenvalue weighted by Gasteiger charge is 2.25. The van der Waals surface area contributed by atoms with Crippen molar-refractivity contribution in [3.05, 3.63) is 77.0 Å². The molecule has 1 fully saturated rings. The van der Waals surface area contributed by atoms with E-state index in [1.54, 1.807) is 27.9 Å². The minimum Gasteiger partial charge on any atom is -0.354 e. The van der Waals surface area contributed by atoms with Crippen molar-refractivity contribution in [1.82, 2.24) is 24.6 Å². The lowest BCUT2D eigenvalue weighted by atomic mass is 10.2. The Hall–Kier alpha value is -3.52. The van der Waals surface area contributed by atoms with Crippen LogP contribution < -0.4 is 4.90 Å². The topological polar surface area (TPSA) is 67.2 Å². The lowest BCUT2D eigenvalue weighted by molar-refractivity contribution is 0.0762. The van der Waals surface area contributed by atoms with E-state index in [-0.39, 0.29) is 11.5 Å². The molecule has 2 aromatic heterocycles. The molecule has 3 heterocycles. The Morgan fingerprint density at radius 3 is 2.70 bits per heavy atom. The summed E-state index contributed by atoms with van der Waals surface area (Å²) < 4.78 is 15.9. The summed E-state index contributed by atoms with van der Waals surface area (Å²) in [6, 6.07) is 13.6. The van der Waals surface area contributed by atoms with Crippen molar-refractivity contribution in [2.45, 2.75) is 13.3 Å². The van der Waals surface area contributed by atoms with E-state index < -0.39 is 5.82 Å². The third-order valence-corrected chi connectivity index (χ3v) is 5.99. The van der Waals surface area contributed by atoms with Gasteiger partial charge in [-0.25, -0.2) is 19.0 Å². The summed E-state index contributed by atoms with van der Waals surface area (Å²) in [5.41, 5.74) is 1.62. The summed E-state index contributed by atoms with van der Waals surface area (Å²) in [6.45, 7) is 4.17. The van der Waals surface area contributed by atoms with Gasteiger partial charge in [0, 0.05) is 31.2 Å². The average Bonchev–Trinajstić information content (AvgIpc) is 3.07. The van der Waals surface area contributed by atoms with Gasteiger partial charge in [-0.1, -0.05) is 29.8 Å². The van der Waals surface area contributed by atoms with E-state index >= 15 is 0 Å². The molecule has 1 amide bonds. The van der Waals surface area contributed by atoms with Crippen molar-refractivity contribution in [2.75, 3.05) is 31.1 Å². The monoisotopic (exact) mass is 464 g/mol. The van der Waals surface area contributed by atoms with Gasteiger partial charge >= 0.3 is 0 Å². The van der Waals surface area contributed by atoms with Crippen molar-refractivity contribution in [2.24, 2.45) is 0 Å². The summed E-state index contributed by atoms with van der Waals surface area (Å²) in [6.07, 6.45) is 2.51. The Morgan fingerprint density at radius 2 is 1.88 bits per heavy atom. The number of hydrogen-bond donors (Lipinski definition) is 0. The van der Waals surface area contributed by atoms with Crippen LogP contribution in [0.5, 0.6) is 0 Å². The SMILES string of the molecule is Cc1nc(N2CCCN(C(=O)c3ccccc3F)CC2)c2cnn(-c3cccc(Cl)c3)c2n1. The maximum absolute atomic E-state index is 14.1. The predicted molar refractivity (Wildman–Crippen MR) is 126 cm³/mol. The molecule has 7 nitrogen and oxygen atoms in total. The summed E-state index contributed by atoms with van der Waals surface area (Å²) in [4.78, 5) is 26.1. The molecule has 0 spiro atoms. The van der Waals surface area contributed by atoms with Crippen LogP contribution in [0, 0.1) is 12.7 Å². The first kappa shape index (κ1) is 21.3. The normalized spacial score (nSPS) is 14.5. The van der Waals surface area contributed by atoms with Crippen LogP contribution >= 0.6 is 11.6 Å². The van der Waals surface area contributed by atoms with Crippen LogP contribution in [-0.2, 0) is 0 Å². The minimum absolute atomic E-state index is 0.106. The second-order valence-corrected chi connectivity index (χ2v) is 8.42. The first-order valence-corrected chi connectivity index (χ1v) is 11.2. The molecule has 168 valence electrons. The van der Waals surface area contributed by atoms with Gasteiger partial charge in [0.2, 0.25) is 0 Å². The summed E-state index contributed by atoms with van der Waals surface area (Å²) >= 11 is 6.17. The maximum atomic E-state index is 14.1. The van der Waals surface area contributed by atoms with Crippen molar-refractivity contribution in [1.29, 1.82) is 0 Å². The van der Waals surface area contributed by atoms with Crippen LogP contribution in [0.3, 0.4) is 0 Å². The first-order valence-electron chi connectivity index (χ1n) is 10.8. The van der Waals surface area contributed by atoms with E-state index in [1.807, 2.05) is 31.2 Å². The molecule has 0 bridgehead atoms. The van der Waals surface area contributed by atoms with Gasteiger partial charge in [0.05, 0.1) is 22.8 Å². The lowest BCUT2D eigenvalue weighted by Gasteiger charge is -2.23. The van der Waals surface area contributed by atoms with Crippen LogP contribution in [0.4, 0.5) is 10.2 Å². The predicted octanol–water partition coefficient (Wildman–Crippen LogP) is 4.27. The third-order valence-electron chi connectivity index (χ3n) is 5.76. The number of nitrogens with zero attached hydrogens (tertiary/aromatic N) is 6. The number of amides is 1. The molecule has 2 aromatic carbocycles. The fourth-order valence-corrected chi connectivity index (χ4v) is 4.36. The van der Waals surface area contributed by atoms with E-state index in [2.05, 4.69) is 15.0 Å². The summed E-state index contributed by atoms with van der Waals surface area (Å²) in [5, 5.41) is 5.99. The van der Waals surface area contributed by atoms with Crippen LogP contribution in [0.15, 0.2) is 54.7 Å². The molecule has 0 N–H and O–H groups in total. The number of rotatable bonds is 3. The van der Waals surface area contributed by atoms with Gasteiger partial charge in [-0.15, -0.1) is 0 Å². The van der Waals surface area contributed by atoms with E-state index in [0.29, 0.717) is 36.1 Å². The molecule has 9 heteroatoms. The Bertz CT molecular complexity index is 1340. The molecule has 0 unspecified atom stereocenters. The number of fused-ring (bicyclic) bond motifs is 1. The standard InChI is InChI=1S/C24H22ClFN6O/c1-16-28-22(20-15-27-32(23(20)29-16)18-7-4-6-17(25)14-18)30-10-5-11-31(13-12-30)24(33)19-8-2-3-9-21(19)26/h2-4,6-9,14-15H,5,10-13H2,1H3. The molecule has 1 saturated heterocycles. The zero-order valence-corrected chi connectivity index (χ0v) is 18.8. The van der Waals surface area contributed by atoms with E-state index in [0.717, 1.165) is 29.9 Å². The average molecular weight is 465 g/mol. The minimum atomic E-state index is -0.495. The van der Waals surface area contributed by atoms with Gasteiger partial charge in [-0.05, 0) is 43.7 Å². The van der Waals surface area contributed by atoms with E-state index in [1.165, 1.54) is 12.1 Å². The number of anilines is 1. The van der Waals surface area contributed by atoms with Gasteiger partial charge in [0.15, 0.2) is 5.65 Å². The quantitative estimate of drug-likeness (QED) is 0.453. The number of carbonyl (C=O) groups is 1. The Kier molecular flexibility index (Phi) is 5.68. The van der Waals surface area contributed by atoms with Gasteiger partial charge in [-0.3, -0.25) is 4.79 Å². The van der Waals surface area contributed by atoms with Gasteiger partial charge in [0.1, 0.15) is 17.5 Å². The number of hydrogen-bond acceptors (Lipinski definition) is 5. The van der Waals surface area contributed by atoms with Gasteiger partial charge in [-0.2, -0.15) is 5.10 Å². The Labute approximate surface area is 195 Å². The number of halogens is 2. The largest absolute Gasteiger partial charge is 0.354 e. The Morgan fingerprint density at radius 1 is 1.03 bits per heavy atom. The highest BCUT2D eigenvalue weighted by Crippen LogP contribution is 2.27. The zero-order chi connectivity index (χ0) is 22.9. The molecule has 0 radical (unpaired) electrons. The number of carbonyl (C=O) groups excluding carboxylic acids is 1. The van der Waals surface area contributed by atoms with Crippen LogP contribution in [0.2, 0.25) is 5.02 Å². The van der Waals surface area contributed by atoms with Gasteiger partial charge < -0.3 is 9.80 Å². The molecular formula is C24H22ClFN6O. The second kappa shape index (κ2) is 8.78. The molecule has 4 aromatic rings. The van der Waals surface area contributed by atoms with Crippen molar-refractivity contribution in [3.63, 3.8) is 0 Å².